The van der Waals surface area contributed by atoms with Crippen molar-refractivity contribution in [1.29, 1.82) is 0 Å². The number of hydrogen-bond donors (Lipinski definition) is 0. The minimum atomic E-state index is 0.570. The molecule has 0 amide bonds. The van der Waals surface area contributed by atoms with Crippen molar-refractivity contribution in [3.63, 3.8) is 0 Å². The molecule has 0 bridgehead atoms. The standard InChI is InChI=1S/C22H36.C2H6/c1-5-16-7-9-19-18-8-6-17-14-15(2)10-12-22(17,4)20(18)11-13-21(16,19)3;1-2/h14-16,18-20H,5-13H2,1-4H3;1-2H3/t15?,16?,18?,19?,20?,21-,22?;/m1./s1. The quantitative estimate of drug-likeness (QED) is 0.433. The van der Waals surface area contributed by atoms with Crippen LogP contribution in [-0.4, -0.2) is 0 Å². The van der Waals surface area contributed by atoms with Gasteiger partial charge in [-0.05, 0) is 91.8 Å². The molecule has 4 aliphatic rings. The predicted molar refractivity (Wildman–Crippen MR) is 106 cm³/mol. The molecule has 0 nitrogen and oxygen atoms in total. The predicted octanol–water partition coefficient (Wildman–Crippen LogP) is 7.64. The van der Waals surface area contributed by atoms with E-state index in [1.165, 1.54) is 51.4 Å². The maximum atomic E-state index is 2.68. The number of allylic oxidation sites excluding steroid dienone is 2. The van der Waals surface area contributed by atoms with Crippen LogP contribution in [-0.2, 0) is 0 Å². The molecule has 7 atom stereocenters. The Balaban J connectivity index is 0.000000815. The van der Waals surface area contributed by atoms with E-state index >= 15 is 0 Å². The van der Waals surface area contributed by atoms with Crippen LogP contribution in [0, 0.1) is 40.4 Å². The summed E-state index contributed by atoms with van der Waals surface area (Å²) in [7, 11) is 0. The summed E-state index contributed by atoms with van der Waals surface area (Å²) in [5.74, 6) is 4.97. The van der Waals surface area contributed by atoms with Crippen molar-refractivity contribution >= 4 is 0 Å². The van der Waals surface area contributed by atoms with Crippen LogP contribution in [0.25, 0.3) is 0 Å². The lowest BCUT2D eigenvalue weighted by Gasteiger charge is -2.58. The van der Waals surface area contributed by atoms with E-state index in [4.69, 9.17) is 0 Å². The van der Waals surface area contributed by atoms with Crippen molar-refractivity contribution in [1.82, 2.24) is 0 Å². The molecule has 0 N–H and O–H groups in total. The first kappa shape index (κ1) is 18.5. The van der Waals surface area contributed by atoms with Gasteiger partial charge in [-0.15, -0.1) is 0 Å². The average molecular weight is 331 g/mol. The molecule has 0 heterocycles. The highest BCUT2D eigenvalue weighted by molar-refractivity contribution is 5.24. The first-order valence-corrected chi connectivity index (χ1v) is 11.2. The molecule has 0 aliphatic heterocycles. The zero-order chi connectivity index (χ0) is 17.5. The largest absolute Gasteiger partial charge is 0.0819 e. The van der Waals surface area contributed by atoms with Crippen molar-refractivity contribution < 1.29 is 0 Å². The SMILES string of the molecule is CC.CCC1CCC2C3CCC4=CC(C)CCC4(C)C3CC[C@]12C. The molecule has 4 rings (SSSR count). The highest BCUT2D eigenvalue weighted by atomic mass is 14.6. The topological polar surface area (TPSA) is 0 Å². The summed E-state index contributed by atoms with van der Waals surface area (Å²) in [6.07, 6.45) is 16.1. The van der Waals surface area contributed by atoms with Crippen molar-refractivity contribution in [2.45, 2.75) is 99.3 Å². The molecule has 0 aromatic heterocycles. The Kier molecular flexibility index (Phi) is 5.25. The minimum Gasteiger partial charge on any atom is -0.0819 e. The lowest BCUT2D eigenvalue weighted by molar-refractivity contribution is -0.0528. The van der Waals surface area contributed by atoms with Gasteiger partial charge in [0.25, 0.3) is 0 Å². The Hall–Kier alpha value is -0.260. The van der Waals surface area contributed by atoms with Gasteiger partial charge in [0.05, 0.1) is 0 Å². The lowest BCUT2D eigenvalue weighted by atomic mass is 9.46. The van der Waals surface area contributed by atoms with E-state index in [0.29, 0.717) is 10.8 Å². The third kappa shape index (κ3) is 2.62. The summed E-state index contributed by atoms with van der Waals surface area (Å²) < 4.78 is 0. The maximum absolute atomic E-state index is 2.68. The van der Waals surface area contributed by atoms with E-state index in [9.17, 15) is 0 Å². The summed E-state index contributed by atoms with van der Waals surface area (Å²) in [4.78, 5) is 0. The highest BCUT2D eigenvalue weighted by Gasteiger charge is 2.58. The van der Waals surface area contributed by atoms with Gasteiger partial charge in [0.2, 0.25) is 0 Å². The second-order valence-electron chi connectivity index (χ2n) is 9.77. The lowest BCUT2D eigenvalue weighted by Crippen LogP contribution is -2.50. The van der Waals surface area contributed by atoms with Crippen molar-refractivity contribution in [2.24, 2.45) is 40.4 Å². The van der Waals surface area contributed by atoms with E-state index < -0.39 is 0 Å². The van der Waals surface area contributed by atoms with E-state index in [1.807, 2.05) is 19.4 Å². The Labute approximate surface area is 151 Å². The average Bonchev–Trinajstić information content (AvgIpc) is 2.93. The van der Waals surface area contributed by atoms with Crippen LogP contribution < -0.4 is 0 Å². The van der Waals surface area contributed by atoms with Crippen LogP contribution in [0.2, 0.25) is 0 Å². The molecule has 0 radical (unpaired) electrons. The monoisotopic (exact) mass is 330 g/mol. The molecule has 4 aliphatic carbocycles. The second-order valence-corrected chi connectivity index (χ2v) is 9.77. The molecular formula is C24H42. The summed E-state index contributed by atoms with van der Waals surface area (Å²) in [6, 6.07) is 0. The summed E-state index contributed by atoms with van der Waals surface area (Å²) >= 11 is 0. The molecule has 24 heavy (non-hydrogen) atoms. The zero-order valence-electron chi connectivity index (χ0n) is 17.3. The Morgan fingerprint density at radius 3 is 2.42 bits per heavy atom. The van der Waals surface area contributed by atoms with Crippen LogP contribution in [0.5, 0.6) is 0 Å². The second kappa shape index (κ2) is 6.81. The van der Waals surface area contributed by atoms with Gasteiger partial charge in [-0.1, -0.05) is 59.6 Å². The highest BCUT2D eigenvalue weighted by Crippen LogP contribution is 2.67. The molecule has 6 unspecified atom stereocenters. The molecule has 0 saturated heterocycles. The first-order valence-electron chi connectivity index (χ1n) is 11.2. The maximum Gasteiger partial charge on any atom is -0.00851 e. The van der Waals surface area contributed by atoms with Gasteiger partial charge in [-0.3, -0.25) is 0 Å². The molecule has 3 saturated carbocycles. The normalized spacial score (nSPS) is 49.9. The molecule has 0 aromatic carbocycles. The molecule has 138 valence electrons. The van der Waals surface area contributed by atoms with Crippen LogP contribution >= 0.6 is 0 Å². The summed E-state index contributed by atoms with van der Waals surface area (Å²) in [5, 5.41) is 0. The summed E-state index contributed by atoms with van der Waals surface area (Å²) in [6.45, 7) is 14.2. The fourth-order valence-corrected chi connectivity index (χ4v) is 7.68. The van der Waals surface area contributed by atoms with Crippen LogP contribution in [0.3, 0.4) is 0 Å². The fourth-order valence-electron chi connectivity index (χ4n) is 7.68. The summed E-state index contributed by atoms with van der Waals surface area (Å²) in [5.41, 5.74) is 3.12. The van der Waals surface area contributed by atoms with Crippen molar-refractivity contribution in [3.05, 3.63) is 11.6 Å². The van der Waals surface area contributed by atoms with Gasteiger partial charge in [0.1, 0.15) is 0 Å². The third-order valence-corrected chi connectivity index (χ3v) is 9.03. The van der Waals surface area contributed by atoms with Crippen molar-refractivity contribution in [2.75, 3.05) is 0 Å². The van der Waals surface area contributed by atoms with E-state index in [-0.39, 0.29) is 0 Å². The molecule has 0 heteroatoms. The zero-order valence-corrected chi connectivity index (χ0v) is 17.3. The molecular weight excluding hydrogens is 288 g/mol. The van der Waals surface area contributed by atoms with E-state index in [1.54, 1.807) is 6.42 Å². The van der Waals surface area contributed by atoms with Gasteiger partial charge >= 0.3 is 0 Å². The number of hydrogen-bond acceptors (Lipinski definition) is 0. The Morgan fingerprint density at radius 1 is 0.958 bits per heavy atom. The third-order valence-electron chi connectivity index (χ3n) is 9.03. The van der Waals surface area contributed by atoms with Crippen LogP contribution in [0.4, 0.5) is 0 Å². The fraction of sp³-hybridized carbons (Fsp3) is 0.917. The smallest absolute Gasteiger partial charge is 0.00851 e. The molecule has 0 spiro atoms. The number of fused-ring (bicyclic) bond motifs is 5. The Bertz CT molecular complexity index is 474. The van der Waals surface area contributed by atoms with Gasteiger partial charge in [0.15, 0.2) is 0 Å². The van der Waals surface area contributed by atoms with Crippen molar-refractivity contribution in [3.8, 4) is 0 Å². The molecule has 3 fully saturated rings. The van der Waals surface area contributed by atoms with Crippen LogP contribution in [0.15, 0.2) is 11.6 Å². The van der Waals surface area contributed by atoms with Gasteiger partial charge in [-0.25, -0.2) is 0 Å². The van der Waals surface area contributed by atoms with E-state index in [0.717, 1.165) is 29.6 Å². The van der Waals surface area contributed by atoms with Gasteiger partial charge in [0, 0.05) is 0 Å². The van der Waals surface area contributed by atoms with Gasteiger partial charge < -0.3 is 0 Å². The Morgan fingerprint density at radius 2 is 1.71 bits per heavy atom. The minimum absolute atomic E-state index is 0.570. The van der Waals surface area contributed by atoms with E-state index in [2.05, 4.69) is 33.8 Å². The first-order chi connectivity index (χ1) is 11.5. The molecule has 0 aromatic rings. The number of rotatable bonds is 1. The van der Waals surface area contributed by atoms with Crippen LogP contribution in [0.1, 0.15) is 99.3 Å². The van der Waals surface area contributed by atoms with Gasteiger partial charge in [-0.2, -0.15) is 0 Å².